The minimum absolute atomic E-state index is 0.0396. The molecule has 0 unspecified atom stereocenters. The first-order valence-corrected chi connectivity index (χ1v) is 5.89. The maximum Gasteiger partial charge on any atom is 0.345 e. The SMILES string of the molecule is Cc1ccc(-c2ccc(C(=O)O)s2)cc1[N+](=O)[O-]. The van der Waals surface area contributed by atoms with E-state index in [4.69, 9.17) is 5.11 Å². The third-order valence-corrected chi connectivity index (χ3v) is 3.63. The zero-order valence-electron chi connectivity index (χ0n) is 9.41. The Hall–Kier alpha value is -2.21. The number of nitro benzene ring substituents is 1. The van der Waals surface area contributed by atoms with Crippen LogP contribution in [0.3, 0.4) is 0 Å². The maximum absolute atomic E-state index is 10.8. The Bertz CT molecular complexity index is 633. The Morgan fingerprint density at radius 3 is 2.61 bits per heavy atom. The van der Waals surface area contributed by atoms with E-state index >= 15 is 0 Å². The summed E-state index contributed by atoms with van der Waals surface area (Å²) in [4.78, 5) is 22.1. The zero-order valence-corrected chi connectivity index (χ0v) is 10.2. The molecule has 0 fully saturated rings. The average Bonchev–Trinajstić information content (AvgIpc) is 2.78. The first-order chi connectivity index (χ1) is 8.49. The highest BCUT2D eigenvalue weighted by atomic mass is 32.1. The molecule has 2 rings (SSSR count). The predicted octanol–water partition coefficient (Wildman–Crippen LogP) is 3.33. The van der Waals surface area contributed by atoms with Crippen molar-refractivity contribution in [2.24, 2.45) is 0 Å². The van der Waals surface area contributed by atoms with Crippen LogP contribution in [0.25, 0.3) is 10.4 Å². The smallest absolute Gasteiger partial charge is 0.345 e. The van der Waals surface area contributed by atoms with E-state index < -0.39 is 10.9 Å². The number of aromatic carboxylic acids is 1. The molecule has 2 aromatic rings. The quantitative estimate of drug-likeness (QED) is 0.680. The number of aryl methyl sites for hydroxylation is 1. The van der Waals surface area contributed by atoms with Gasteiger partial charge in [0.25, 0.3) is 5.69 Å². The van der Waals surface area contributed by atoms with Crippen molar-refractivity contribution >= 4 is 23.0 Å². The molecule has 0 atom stereocenters. The van der Waals surface area contributed by atoms with Crippen molar-refractivity contribution in [3.8, 4) is 10.4 Å². The van der Waals surface area contributed by atoms with Crippen LogP contribution >= 0.6 is 11.3 Å². The van der Waals surface area contributed by atoms with Crippen molar-refractivity contribution in [3.63, 3.8) is 0 Å². The number of carbonyl (C=O) groups is 1. The van der Waals surface area contributed by atoms with Crippen LogP contribution in [-0.4, -0.2) is 16.0 Å². The summed E-state index contributed by atoms with van der Waals surface area (Å²) in [6.07, 6.45) is 0. The molecule has 1 N–H and O–H groups in total. The molecule has 0 aliphatic carbocycles. The maximum atomic E-state index is 10.8. The Labute approximate surface area is 106 Å². The third kappa shape index (κ3) is 2.23. The summed E-state index contributed by atoms with van der Waals surface area (Å²) in [7, 11) is 0. The van der Waals surface area contributed by atoms with Gasteiger partial charge in [0.05, 0.1) is 4.92 Å². The lowest BCUT2D eigenvalue weighted by Gasteiger charge is -2.00. The molecule has 0 spiro atoms. The predicted molar refractivity (Wildman–Crippen MR) is 68.1 cm³/mol. The number of hydrogen-bond acceptors (Lipinski definition) is 4. The zero-order chi connectivity index (χ0) is 13.3. The standard InChI is InChI=1S/C12H9NO4S/c1-7-2-3-8(6-9(7)13(16)17)10-4-5-11(18-10)12(14)15/h2-6H,1H3,(H,14,15). The number of hydrogen-bond donors (Lipinski definition) is 1. The fourth-order valence-electron chi connectivity index (χ4n) is 1.57. The summed E-state index contributed by atoms with van der Waals surface area (Å²) in [6.45, 7) is 1.67. The van der Waals surface area contributed by atoms with E-state index in [2.05, 4.69) is 0 Å². The van der Waals surface area contributed by atoms with Crippen molar-refractivity contribution in [1.29, 1.82) is 0 Å². The van der Waals surface area contributed by atoms with E-state index in [9.17, 15) is 14.9 Å². The summed E-state index contributed by atoms with van der Waals surface area (Å²) < 4.78 is 0. The van der Waals surface area contributed by atoms with E-state index in [1.807, 2.05) is 0 Å². The highest BCUT2D eigenvalue weighted by Gasteiger charge is 2.14. The molecular weight excluding hydrogens is 254 g/mol. The molecule has 18 heavy (non-hydrogen) atoms. The summed E-state index contributed by atoms with van der Waals surface area (Å²) >= 11 is 1.10. The van der Waals surface area contributed by atoms with Crippen LogP contribution in [0.2, 0.25) is 0 Å². The molecule has 92 valence electrons. The lowest BCUT2D eigenvalue weighted by molar-refractivity contribution is -0.385. The molecule has 1 aromatic heterocycles. The van der Waals surface area contributed by atoms with E-state index in [0.29, 0.717) is 16.0 Å². The van der Waals surface area contributed by atoms with Crippen molar-refractivity contribution < 1.29 is 14.8 Å². The third-order valence-electron chi connectivity index (χ3n) is 2.51. The van der Waals surface area contributed by atoms with Crippen LogP contribution in [-0.2, 0) is 0 Å². The molecule has 0 aliphatic rings. The van der Waals surface area contributed by atoms with Crippen LogP contribution < -0.4 is 0 Å². The lowest BCUT2D eigenvalue weighted by Crippen LogP contribution is -1.91. The van der Waals surface area contributed by atoms with Gasteiger partial charge in [-0.1, -0.05) is 12.1 Å². The van der Waals surface area contributed by atoms with Gasteiger partial charge < -0.3 is 5.11 Å². The van der Waals surface area contributed by atoms with Crippen LogP contribution in [0.15, 0.2) is 30.3 Å². The molecule has 6 heteroatoms. The Morgan fingerprint density at radius 1 is 1.33 bits per heavy atom. The Balaban J connectivity index is 2.47. The molecule has 5 nitrogen and oxygen atoms in total. The Kier molecular flexibility index (Phi) is 3.12. The Morgan fingerprint density at radius 2 is 2.06 bits per heavy atom. The minimum atomic E-state index is -0.993. The first-order valence-electron chi connectivity index (χ1n) is 5.07. The molecule has 0 bridgehead atoms. The second-order valence-electron chi connectivity index (χ2n) is 3.73. The van der Waals surface area contributed by atoms with E-state index in [-0.39, 0.29) is 10.6 Å². The van der Waals surface area contributed by atoms with Crippen LogP contribution in [0.5, 0.6) is 0 Å². The molecule has 0 saturated heterocycles. The van der Waals surface area contributed by atoms with Crippen molar-refractivity contribution in [3.05, 3.63) is 50.9 Å². The van der Waals surface area contributed by atoms with Gasteiger partial charge >= 0.3 is 5.97 Å². The van der Waals surface area contributed by atoms with Gasteiger partial charge in [0.15, 0.2) is 0 Å². The normalized spacial score (nSPS) is 10.3. The monoisotopic (exact) mass is 263 g/mol. The van der Waals surface area contributed by atoms with Gasteiger partial charge in [-0.05, 0) is 24.6 Å². The van der Waals surface area contributed by atoms with Gasteiger partial charge in [0, 0.05) is 16.5 Å². The summed E-state index contributed by atoms with van der Waals surface area (Å²) in [5.41, 5.74) is 1.28. The van der Waals surface area contributed by atoms with Crippen LogP contribution in [0.1, 0.15) is 15.2 Å². The average molecular weight is 263 g/mol. The fraction of sp³-hybridized carbons (Fsp3) is 0.0833. The second-order valence-corrected chi connectivity index (χ2v) is 4.81. The van der Waals surface area contributed by atoms with Gasteiger partial charge in [-0.15, -0.1) is 11.3 Å². The van der Waals surface area contributed by atoms with Gasteiger partial charge in [-0.2, -0.15) is 0 Å². The van der Waals surface area contributed by atoms with Gasteiger partial charge in [-0.3, -0.25) is 10.1 Å². The molecule has 0 amide bonds. The number of benzene rings is 1. The summed E-state index contributed by atoms with van der Waals surface area (Å²) in [6, 6.07) is 8.02. The number of thiophene rings is 1. The van der Waals surface area contributed by atoms with Crippen LogP contribution in [0, 0.1) is 17.0 Å². The first kappa shape index (κ1) is 12.3. The number of carboxylic acids is 1. The summed E-state index contributed by atoms with van der Waals surface area (Å²) in [5, 5.41) is 19.7. The fourth-order valence-corrected chi connectivity index (χ4v) is 2.41. The number of rotatable bonds is 3. The highest BCUT2D eigenvalue weighted by molar-refractivity contribution is 7.17. The van der Waals surface area contributed by atoms with Crippen molar-refractivity contribution in [1.82, 2.24) is 0 Å². The van der Waals surface area contributed by atoms with Crippen molar-refractivity contribution in [2.75, 3.05) is 0 Å². The number of nitro groups is 1. The van der Waals surface area contributed by atoms with Gasteiger partial charge in [0.2, 0.25) is 0 Å². The van der Waals surface area contributed by atoms with Crippen molar-refractivity contribution in [2.45, 2.75) is 6.92 Å². The van der Waals surface area contributed by atoms with Gasteiger partial charge in [-0.25, -0.2) is 4.79 Å². The highest BCUT2D eigenvalue weighted by Crippen LogP contribution is 2.31. The summed E-state index contributed by atoms with van der Waals surface area (Å²) in [5.74, 6) is -0.993. The van der Waals surface area contributed by atoms with E-state index in [0.717, 1.165) is 11.3 Å². The van der Waals surface area contributed by atoms with E-state index in [1.165, 1.54) is 12.1 Å². The molecule has 0 aliphatic heterocycles. The number of nitrogens with zero attached hydrogens (tertiary/aromatic N) is 1. The topological polar surface area (TPSA) is 80.4 Å². The molecular formula is C12H9NO4S. The van der Waals surface area contributed by atoms with Gasteiger partial charge in [0.1, 0.15) is 4.88 Å². The molecule has 0 saturated carbocycles. The largest absolute Gasteiger partial charge is 0.477 e. The van der Waals surface area contributed by atoms with E-state index in [1.54, 1.807) is 25.1 Å². The van der Waals surface area contributed by atoms with Crippen LogP contribution in [0.4, 0.5) is 5.69 Å². The molecule has 1 aromatic carbocycles. The number of carboxylic acid groups (broad SMARTS) is 1. The molecule has 0 radical (unpaired) electrons. The molecule has 1 heterocycles. The lowest BCUT2D eigenvalue weighted by atomic mass is 10.1. The minimum Gasteiger partial charge on any atom is -0.477 e. The second kappa shape index (κ2) is 4.58.